The van der Waals surface area contributed by atoms with Gasteiger partial charge in [-0.1, -0.05) is 0 Å². The van der Waals surface area contributed by atoms with Crippen LogP contribution in [0.4, 0.5) is 5.69 Å². The first-order chi connectivity index (χ1) is 14.2. The van der Waals surface area contributed by atoms with Gasteiger partial charge in [0.2, 0.25) is 16.8 Å². The molecule has 1 amide bonds. The van der Waals surface area contributed by atoms with Gasteiger partial charge in [-0.25, -0.2) is 17.9 Å². The molecule has 1 atom stereocenters. The van der Waals surface area contributed by atoms with Crippen molar-refractivity contribution in [3.8, 4) is 11.5 Å². The molecule has 0 spiro atoms. The Hall–Kier alpha value is -3.11. The van der Waals surface area contributed by atoms with Gasteiger partial charge in [0.05, 0.1) is 10.5 Å². The summed E-state index contributed by atoms with van der Waals surface area (Å²) < 4.78 is 42.4. The van der Waals surface area contributed by atoms with Crippen LogP contribution >= 0.6 is 0 Å². The molecule has 1 aliphatic rings. The van der Waals surface area contributed by atoms with Gasteiger partial charge < -0.3 is 19.5 Å². The smallest absolute Gasteiger partial charge is 0.339 e. The van der Waals surface area contributed by atoms with E-state index >= 15 is 0 Å². The van der Waals surface area contributed by atoms with Crippen LogP contribution in [0.3, 0.4) is 0 Å². The van der Waals surface area contributed by atoms with Crippen LogP contribution in [0.2, 0.25) is 0 Å². The molecule has 0 radical (unpaired) electrons. The number of nitrogens with one attached hydrogen (secondary N) is 2. The highest BCUT2D eigenvalue weighted by Crippen LogP contribution is 2.32. The second-order valence-electron chi connectivity index (χ2n) is 6.91. The zero-order valence-corrected chi connectivity index (χ0v) is 17.5. The molecular formula is C20H22N2O7S. The number of carbonyl (C=O) groups excluding carboxylic acids is 2. The number of benzene rings is 2. The van der Waals surface area contributed by atoms with Crippen molar-refractivity contribution >= 4 is 27.6 Å². The van der Waals surface area contributed by atoms with E-state index in [4.69, 9.17) is 14.2 Å². The zero-order valence-electron chi connectivity index (χ0n) is 16.7. The van der Waals surface area contributed by atoms with Crippen molar-refractivity contribution in [2.75, 3.05) is 12.1 Å². The molecule has 1 unspecified atom stereocenters. The lowest BCUT2D eigenvalue weighted by Crippen LogP contribution is -2.30. The minimum absolute atomic E-state index is 0.0801. The summed E-state index contributed by atoms with van der Waals surface area (Å²) in [5, 5.41) is 2.58. The first-order valence-electron chi connectivity index (χ1n) is 9.19. The Morgan fingerprint density at radius 2 is 1.67 bits per heavy atom. The standard InChI is InChI=1S/C20H22N2O7S/c1-12(2)22-30(25,26)16-7-5-15(6-8-16)21-19(23)13(3)29-20(24)14-4-9-17-18(10-14)28-11-27-17/h4-10,12-13,22H,11H2,1-3H3,(H,21,23). The van der Waals surface area contributed by atoms with Crippen LogP contribution in [0.5, 0.6) is 11.5 Å². The summed E-state index contributed by atoms with van der Waals surface area (Å²) in [5.74, 6) is -0.271. The Morgan fingerprint density at radius 3 is 2.33 bits per heavy atom. The summed E-state index contributed by atoms with van der Waals surface area (Å²) in [5.41, 5.74) is 0.598. The Balaban J connectivity index is 1.59. The van der Waals surface area contributed by atoms with E-state index in [9.17, 15) is 18.0 Å². The number of hydrogen-bond acceptors (Lipinski definition) is 7. The molecule has 0 saturated carbocycles. The molecule has 0 aromatic heterocycles. The Morgan fingerprint density at radius 1 is 1.00 bits per heavy atom. The minimum Gasteiger partial charge on any atom is -0.454 e. The van der Waals surface area contributed by atoms with Crippen LogP contribution < -0.4 is 19.5 Å². The van der Waals surface area contributed by atoms with Crippen LogP contribution in [-0.2, 0) is 19.6 Å². The van der Waals surface area contributed by atoms with Crippen LogP contribution in [0.25, 0.3) is 0 Å². The highest BCUT2D eigenvalue weighted by Gasteiger charge is 2.22. The number of amides is 1. The topological polar surface area (TPSA) is 120 Å². The number of carbonyl (C=O) groups is 2. The summed E-state index contributed by atoms with van der Waals surface area (Å²) in [7, 11) is -3.62. The third-order valence-electron chi connectivity index (χ3n) is 4.08. The number of sulfonamides is 1. The number of ether oxygens (including phenoxy) is 3. The maximum atomic E-state index is 12.3. The maximum Gasteiger partial charge on any atom is 0.339 e. The Kier molecular flexibility index (Phi) is 6.28. The van der Waals surface area contributed by atoms with Crippen molar-refractivity contribution in [1.82, 2.24) is 4.72 Å². The predicted octanol–water partition coefficient (Wildman–Crippen LogP) is 2.29. The summed E-state index contributed by atoms with van der Waals surface area (Å²) >= 11 is 0. The quantitative estimate of drug-likeness (QED) is 0.642. The molecule has 3 rings (SSSR count). The SMILES string of the molecule is CC(C)NS(=O)(=O)c1ccc(NC(=O)C(C)OC(=O)c2ccc3c(c2)OCO3)cc1. The Bertz CT molecular complexity index is 1050. The lowest BCUT2D eigenvalue weighted by atomic mass is 10.2. The van der Waals surface area contributed by atoms with Gasteiger partial charge in [-0.15, -0.1) is 0 Å². The van der Waals surface area contributed by atoms with Crippen LogP contribution in [0.15, 0.2) is 47.4 Å². The second kappa shape index (κ2) is 8.72. The first kappa shape index (κ1) is 21.6. The molecule has 1 heterocycles. The van der Waals surface area contributed by atoms with E-state index < -0.39 is 28.0 Å². The average Bonchev–Trinajstić information content (AvgIpc) is 3.15. The lowest BCUT2D eigenvalue weighted by molar-refractivity contribution is -0.123. The van der Waals surface area contributed by atoms with E-state index in [-0.39, 0.29) is 23.3 Å². The number of hydrogen-bond donors (Lipinski definition) is 2. The van der Waals surface area contributed by atoms with Gasteiger partial charge in [0, 0.05) is 11.7 Å². The average molecular weight is 434 g/mol. The summed E-state index contributed by atoms with van der Waals surface area (Å²) in [4.78, 5) is 24.7. The fourth-order valence-corrected chi connectivity index (χ4v) is 3.90. The first-order valence-corrected chi connectivity index (χ1v) is 10.7. The predicted molar refractivity (Wildman–Crippen MR) is 108 cm³/mol. The van der Waals surface area contributed by atoms with Gasteiger partial charge in [0.1, 0.15) is 0 Å². The molecule has 2 aromatic carbocycles. The molecule has 2 N–H and O–H groups in total. The van der Waals surface area contributed by atoms with E-state index in [1.807, 2.05) is 0 Å². The maximum absolute atomic E-state index is 12.3. The van der Waals surface area contributed by atoms with Crippen molar-refractivity contribution in [1.29, 1.82) is 0 Å². The number of rotatable bonds is 7. The van der Waals surface area contributed by atoms with E-state index in [1.165, 1.54) is 43.3 Å². The van der Waals surface area contributed by atoms with Gasteiger partial charge in [0.25, 0.3) is 5.91 Å². The van der Waals surface area contributed by atoms with Crippen LogP contribution in [0, 0.1) is 0 Å². The molecular weight excluding hydrogens is 412 g/mol. The van der Waals surface area contributed by atoms with E-state index in [1.54, 1.807) is 19.9 Å². The normalized spacial score (nSPS) is 13.7. The van der Waals surface area contributed by atoms with Crippen molar-refractivity contribution in [3.05, 3.63) is 48.0 Å². The highest BCUT2D eigenvalue weighted by atomic mass is 32.2. The lowest BCUT2D eigenvalue weighted by Gasteiger charge is -2.14. The van der Waals surface area contributed by atoms with Gasteiger partial charge in [-0.2, -0.15) is 0 Å². The summed E-state index contributed by atoms with van der Waals surface area (Å²) in [6.07, 6.45) is -1.08. The third kappa shape index (κ3) is 5.08. The molecule has 2 aromatic rings. The van der Waals surface area contributed by atoms with Crippen molar-refractivity contribution in [2.45, 2.75) is 37.8 Å². The van der Waals surface area contributed by atoms with Crippen LogP contribution in [0.1, 0.15) is 31.1 Å². The van der Waals surface area contributed by atoms with E-state index in [0.717, 1.165) is 0 Å². The molecule has 1 aliphatic heterocycles. The molecule has 0 bridgehead atoms. The van der Waals surface area contributed by atoms with E-state index in [0.29, 0.717) is 17.2 Å². The fourth-order valence-electron chi connectivity index (χ4n) is 2.65. The minimum atomic E-state index is -3.62. The second-order valence-corrected chi connectivity index (χ2v) is 8.62. The number of anilines is 1. The largest absolute Gasteiger partial charge is 0.454 e. The Labute approximate surface area is 174 Å². The monoisotopic (exact) mass is 434 g/mol. The van der Waals surface area contributed by atoms with Crippen molar-refractivity contribution in [2.24, 2.45) is 0 Å². The molecule has 10 heteroatoms. The molecule has 9 nitrogen and oxygen atoms in total. The fraction of sp³-hybridized carbons (Fsp3) is 0.300. The summed E-state index contributed by atoms with van der Waals surface area (Å²) in [6, 6.07) is 10.0. The molecule has 0 fully saturated rings. The third-order valence-corrected chi connectivity index (χ3v) is 5.76. The molecule has 30 heavy (non-hydrogen) atoms. The van der Waals surface area contributed by atoms with Gasteiger partial charge in [0.15, 0.2) is 17.6 Å². The zero-order chi connectivity index (χ0) is 21.9. The summed E-state index contributed by atoms with van der Waals surface area (Å²) in [6.45, 7) is 4.96. The van der Waals surface area contributed by atoms with Gasteiger partial charge in [-0.3, -0.25) is 4.79 Å². The molecule has 160 valence electrons. The number of fused-ring (bicyclic) bond motifs is 1. The van der Waals surface area contributed by atoms with Gasteiger partial charge in [-0.05, 0) is 63.2 Å². The van der Waals surface area contributed by atoms with E-state index in [2.05, 4.69) is 10.0 Å². The highest BCUT2D eigenvalue weighted by molar-refractivity contribution is 7.89. The number of esters is 1. The van der Waals surface area contributed by atoms with Gasteiger partial charge >= 0.3 is 5.97 Å². The van der Waals surface area contributed by atoms with Crippen molar-refractivity contribution < 1.29 is 32.2 Å². The van der Waals surface area contributed by atoms with Crippen LogP contribution in [-0.4, -0.2) is 39.2 Å². The van der Waals surface area contributed by atoms with Crippen molar-refractivity contribution in [3.63, 3.8) is 0 Å². The molecule has 0 aliphatic carbocycles. The molecule has 0 saturated heterocycles.